The van der Waals surface area contributed by atoms with Gasteiger partial charge in [0.05, 0.1) is 38.5 Å². The van der Waals surface area contributed by atoms with E-state index in [2.05, 4.69) is 16.0 Å². The number of likely N-dealkylation sites (tertiary alicyclic amines) is 1. The second-order valence-corrected chi connectivity index (χ2v) is 32.5. The number of hydrogen-bond donors (Lipinski definition) is 3. The maximum absolute atomic E-state index is 15.9. The van der Waals surface area contributed by atoms with E-state index >= 15 is 28.8 Å². The van der Waals surface area contributed by atoms with Gasteiger partial charge in [0.2, 0.25) is 76.8 Å². The first kappa shape index (κ1) is 87.8. The zero-order valence-corrected chi connectivity index (χ0v) is 66.0. The van der Waals surface area contributed by atoms with Crippen LogP contribution in [0.4, 0.5) is 13.2 Å². The van der Waals surface area contributed by atoms with Gasteiger partial charge in [0.1, 0.15) is 41.8 Å². The minimum Gasteiger partial charge on any atom is -0.345 e. The van der Waals surface area contributed by atoms with E-state index in [-0.39, 0.29) is 69.6 Å². The molecule has 4 saturated carbocycles. The number of amides is 13. The van der Waals surface area contributed by atoms with Crippen LogP contribution in [-0.2, 0) is 62.3 Å². The summed E-state index contributed by atoms with van der Waals surface area (Å²) in [7, 11) is 12.9. The van der Waals surface area contributed by atoms with Crippen LogP contribution in [0.3, 0.4) is 0 Å². The summed E-state index contributed by atoms with van der Waals surface area (Å²) in [5.41, 5.74) is -1.65. The maximum Gasteiger partial charge on any atom is 0.393 e. The lowest BCUT2D eigenvalue weighted by molar-refractivity contribution is -0.182. The predicted octanol–water partition coefficient (Wildman–Crippen LogP) is 5.97. The smallest absolute Gasteiger partial charge is 0.345 e. The van der Waals surface area contributed by atoms with E-state index in [4.69, 9.17) is 11.6 Å². The number of carbonyl (C=O) groups is 13. The molecule has 1 spiro atoms. The summed E-state index contributed by atoms with van der Waals surface area (Å²) in [6.45, 7) is 5.14. The monoisotopic (exact) mass is 1520 g/mol. The molecule has 6 rings (SSSR count). The van der Waals surface area contributed by atoms with E-state index in [1.165, 1.54) is 100 Å². The average Bonchev–Trinajstić information content (AvgIpc) is 1.18. The molecule has 10 atom stereocenters. The lowest BCUT2D eigenvalue weighted by Crippen LogP contribution is -2.64. The Morgan fingerprint density at radius 2 is 1.20 bits per heavy atom. The van der Waals surface area contributed by atoms with E-state index in [9.17, 15) is 46.7 Å². The van der Waals surface area contributed by atoms with Gasteiger partial charge < -0.3 is 64.9 Å². The van der Waals surface area contributed by atoms with E-state index in [0.29, 0.717) is 58.0 Å². The number of hydrogen-bond acceptors (Lipinski definition) is 13. The van der Waals surface area contributed by atoms with Crippen LogP contribution in [0.5, 0.6) is 0 Å². The van der Waals surface area contributed by atoms with Gasteiger partial charge in [-0.05, 0) is 119 Å². The molecule has 0 radical (unpaired) electrons. The normalized spacial score (nSPS) is 27.9. The third kappa shape index (κ3) is 24.0. The first-order valence-electron chi connectivity index (χ1n) is 38.8. The van der Waals surface area contributed by atoms with Gasteiger partial charge in [-0.3, -0.25) is 62.3 Å². The molecule has 0 aromatic carbocycles. The molecule has 0 aromatic heterocycles. The highest BCUT2D eigenvalue weighted by atomic mass is 35.5. The molecule has 0 aromatic rings. The maximum atomic E-state index is 15.9. The van der Waals surface area contributed by atoms with Crippen LogP contribution in [0.1, 0.15) is 195 Å². The first-order chi connectivity index (χ1) is 49.9. The van der Waals surface area contributed by atoms with Crippen LogP contribution in [0.25, 0.3) is 0 Å². The highest BCUT2D eigenvalue weighted by Gasteiger charge is 2.51. The van der Waals surface area contributed by atoms with Crippen molar-refractivity contribution in [3.05, 3.63) is 12.2 Å². The van der Waals surface area contributed by atoms with Gasteiger partial charge in [-0.25, -0.2) is 0 Å². The van der Waals surface area contributed by atoms with Gasteiger partial charge in [0.15, 0.2) is 0 Å². The lowest BCUT2D eigenvalue weighted by Gasteiger charge is -2.43. The Labute approximate surface area is 631 Å². The van der Waals surface area contributed by atoms with Crippen molar-refractivity contribution in [2.45, 2.75) is 248 Å². The predicted molar refractivity (Wildman–Crippen MR) is 394 cm³/mol. The molecular weight excluding hydrogens is 1400 g/mol. The quantitative estimate of drug-likeness (QED) is 0.134. The summed E-state index contributed by atoms with van der Waals surface area (Å²) in [6.07, 6.45) is 8.78. The number of nitrogens with one attached hydrogen (secondary N) is 3. The summed E-state index contributed by atoms with van der Waals surface area (Å²) in [6, 6.07) is -7.72. The summed E-state index contributed by atoms with van der Waals surface area (Å²) in [5, 5.41) is 7.40. The topological polar surface area (TPSA) is 290 Å². The van der Waals surface area contributed by atoms with Crippen molar-refractivity contribution in [3.63, 3.8) is 0 Å². The van der Waals surface area contributed by atoms with Crippen LogP contribution in [0, 0.1) is 35.5 Å². The molecule has 3 N–H and O–H groups in total. The Morgan fingerprint density at radius 3 is 1.78 bits per heavy atom. The number of carbonyl (C=O) groups excluding carboxylic acids is 13. The number of halogens is 4. The fourth-order valence-corrected chi connectivity index (χ4v) is 16.9. The molecular formula is C76H123ClF3N13O13. The molecule has 106 heavy (non-hydrogen) atoms. The molecule has 4 aliphatic carbocycles. The largest absolute Gasteiger partial charge is 0.393 e. The minimum absolute atomic E-state index is 0.00354. The van der Waals surface area contributed by atoms with Gasteiger partial charge in [0.25, 0.3) is 0 Å². The summed E-state index contributed by atoms with van der Waals surface area (Å²) >= 11 is 6.43. The third-order valence-corrected chi connectivity index (χ3v) is 23.8. The number of likely N-dealkylation sites (N-methyl/N-ethyl adjacent to an activating group) is 8. The van der Waals surface area contributed by atoms with Crippen molar-refractivity contribution >= 4 is 88.4 Å². The molecule has 6 fully saturated rings. The fourth-order valence-electron chi connectivity index (χ4n) is 16.4. The van der Waals surface area contributed by atoms with Gasteiger partial charge in [-0.15, -0.1) is 11.6 Å². The summed E-state index contributed by atoms with van der Waals surface area (Å²) in [5.74, 6) is -12.0. The number of piperidine rings is 1. The van der Waals surface area contributed by atoms with Gasteiger partial charge >= 0.3 is 6.18 Å². The zero-order chi connectivity index (χ0) is 78.7. The van der Waals surface area contributed by atoms with Crippen LogP contribution < -0.4 is 16.0 Å². The highest BCUT2D eigenvalue weighted by molar-refractivity contribution is 6.21. The number of alkyl halides is 4. The van der Waals surface area contributed by atoms with Crippen molar-refractivity contribution < 1.29 is 75.5 Å². The third-order valence-electron chi connectivity index (χ3n) is 23.3. The molecule has 598 valence electrons. The molecule has 3 unspecified atom stereocenters. The van der Waals surface area contributed by atoms with E-state index in [1.807, 2.05) is 20.8 Å². The molecule has 13 amide bonds. The second kappa shape index (κ2) is 40.4. The van der Waals surface area contributed by atoms with Crippen LogP contribution >= 0.6 is 11.6 Å². The van der Waals surface area contributed by atoms with Crippen molar-refractivity contribution in [3.8, 4) is 0 Å². The second-order valence-electron chi connectivity index (χ2n) is 32.0. The molecule has 2 saturated heterocycles. The van der Waals surface area contributed by atoms with Crippen LogP contribution in [-0.4, -0.2) is 288 Å². The lowest BCUT2D eigenvalue weighted by atomic mass is 9.78. The van der Waals surface area contributed by atoms with Crippen molar-refractivity contribution in [1.82, 2.24) is 64.9 Å². The molecule has 6 aliphatic rings. The standard InChI is InChI=1S/C76H123ClF3N13O13/c1-14-50(4)66-72(104)87(9)47-64(98)85(7)48-65(99)89(11)58(43-51-27-18-15-19-28-51)70(102)86(8)45-60(94)81-56(35-33-52-32-34-54(55(77)42-52)76(78,79)80)69(101)93(40-26-31-62(96)84(5)6)46-61(95)83-75(36-22-23-37-75)74(106)91(13)67(53-29-20-16-21-30-53)73(105)90(12)59(71(103)92-38-24-17-25-39-92)44-63(97)88(10)57(41-49(2)3)68(100)82-66/h26,31,49-59,66-67H,14-25,27-30,32-48H2,1-13H3,(H,81,94)(H,82,100)(H,83,95)/b31-26+/t50-,52?,54?,55?,56-,57-,58-,59-,66-,67-/m0/s1. The molecule has 2 aliphatic heterocycles. The average molecular weight is 1520 g/mol. The first-order valence-corrected chi connectivity index (χ1v) is 39.2. The highest BCUT2D eigenvalue weighted by Crippen LogP contribution is 2.44. The summed E-state index contributed by atoms with van der Waals surface area (Å²) in [4.78, 5) is 206. The van der Waals surface area contributed by atoms with Crippen molar-refractivity contribution in [2.75, 3.05) is 109 Å². The van der Waals surface area contributed by atoms with E-state index < -0.39 is 193 Å². The van der Waals surface area contributed by atoms with Crippen molar-refractivity contribution in [2.24, 2.45) is 35.5 Å². The Balaban J connectivity index is 1.47. The van der Waals surface area contributed by atoms with Crippen LogP contribution in [0.2, 0.25) is 0 Å². The van der Waals surface area contributed by atoms with E-state index in [1.54, 1.807) is 11.8 Å². The minimum atomic E-state index is -4.55. The molecule has 0 bridgehead atoms. The summed E-state index contributed by atoms with van der Waals surface area (Å²) < 4.78 is 42.3. The van der Waals surface area contributed by atoms with Crippen molar-refractivity contribution in [1.29, 1.82) is 0 Å². The number of rotatable bonds is 14. The van der Waals surface area contributed by atoms with Gasteiger partial charge in [-0.1, -0.05) is 104 Å². The van der Waals surface area contributed by atoms with Gasteiger partial charge in [-0.2, -0.15) is 13.2 Å². The molecule has 30 heteroatoms. The molecule has 26 nitrogen and oxygen atoms in total. The Kier molecular flexibility index (Phi) is 33.5. The SMILES string of the molecule is CC[C@H](C)[C@@H]1NC(=O)[C@H](CC(C)C)N(C)C(=O)C[C@@H](C(=O)N2CCCCC2)N(C)C(=O)[C@H](C2CCCCC2)N(C)C(=O)C2(CCCC2)NC(=O)CN(C/C=C/C(=O)N(C)C)C(=O)[C@H](CCC2CCC(C(F)(F)F)C(Cl)C2)NC(=O)CN(C)C(=O)[C@H](CC2CCCCC2)N(C)C(=O)CN(C)C(=O)CN(C)C1=O. The zero-order valence-electron chi connectivity index (χ0n) is 65.3. The van der Waals surface area contributed by atoms with Gasteiger partial charge in [0, 0.05) is 94.5 Å². The van der Waals surface area contributed by atoms with Crippen LogP contribution in [0.15, 0.2) is 12.2 Å². The Hall–Kier alpha value is -7.07. The Bertz CT molecular complexity index is 3100. The Morgan fingerprint density at radius 1 is 0.613 bits per heavy atom. The number of nitrogens with zero attached hydrogens (tertiary/aromatic N) is 10. The van der Waals surface area contributed by atoms with E-state index in [0.717, 1.165) is 77.4 Å². The fraction of sp³-hybridized carbons (Fsp3) is 0.803. The molecule has 2 heterocycles.